The zero-order chi connectivity index (χ0) is 14.8. The van der Waals surface area contributed by atoms with Gasteiger partial charge in [0.05, 0.1) is 0 Å². The highest BCUT2D eigenvalue weighted by molar-refractivity contribution is 7.12. The molecular weight excluding hydrogens is 262 g/mol. The average molecular weight is 283 g/mol. The normalized spacial score (nSPS) is 12.9. The van der Waals surface area contributed by atoms with Crippen molar-refractivity contribution < 1.29 is 14.3 Å². The van der Waals surface area contributed by atoms with Crippen LogP contribution in [0.2, 0.25) is 0 Å². The quantitative estimate of drug-likeness (QED) is 0.798. The van der Waals surface area contributed by atoms with E-state index in [2.05, 4.69) is 0 Å². The minimum atomic E-state index is -0.597. The Balaban J connectivity index is 2.94. The SMILES string of the molecule is Cc1cc(C(C=O)N(C)C(=O)OC(C)(C)C)c(C)s1. The molecule has 1 amide bonds. The van der Waals surface area contributed by atoms with Gasteiger partial charge in [-0.2, -0.15) is 0 Å². The highest BCUT2D eigenvalue weighted by atomic mass is 32.1. The second-order valence-corrected chi connectivity index (χ2v) is 7.00. The molecule has 0 spiro atoms. The van der Waals surface area contributed by atoms with Crippen LogP contribution < -0.4 is 0 Å². The van der Waals surface area contributed by atoms with Gasteiger partial charge >= 0.3 is 6.09 Å². The molecule has 0 aliphatic carbocycles. The lowest BCUT2D eigenvalue weighted by Crippen LogP contribution is -2.37. The molecule has 1 aromatic rings. The van der Waals surface area contributed by atoms with Crippen LogP contribution in [-0.2, 0) is 9.53 Å². The first-order valence-corrected chi connectivity index (χ1v) is 6.95. The van der Waals surface area contributed by atoms with Crippen molar-refractivity contribution in [1.29, 1.82) is 0 Å². The van der Waals surface area contributed by atoms with Crippen LogP contribution in [0.4, 0.5) is 4.79 Å². The van der Waals surface area contributed by atoms with E-state index in [0.29, 0.717) is 0 Å². The Morgan fingerprint density at radius 3 is 2.37 bits per heavy atom. The fourth-order valence-corrected chi connectivity index (χ4v) is 2.73. The van der Waals surface area contributed by atoms with Gasteiger partial charge in [0, 0.05) is 16.8 Å². The zero-order valence-electron chi connectivity index (χ0n) is 12.3. The molecule has 1 rings (SSSR count). The minimum absolute atomic E-state index is 0.493. The summed E-state index contributed by atoms with van der Waals surface area (Å²) < 4.78 is 5.28. The molecule has 0 aliphatic heterocycles. The van der Waals surface area contributed by atoms with Gasteiger partial charge in [-0.15, -0.1) is 11.3 Å². The number of hydrogen-bond acceptors (Lipinski definition) is 4. The number of likely N-dealkylation sites (N-methyl/N-ethyl adjacent to an activating group) is 1. The molecule has 0 saturated carbocycles. The standard InChI is InChI=1S/C14H21NO3S/c1-9-7-11(10(2)19-9)12(8-16)15(6)13(17)18-14(3,4)5/h7-8,12H,1-6H3. The molecule has 0 N–H and O–H groups in total. The zero-order valence-corrected chi connectivity index (χ0v) is 13.1. The lowest BCUT2D eigenvalue weighted by molar-refractivity contribution is -0.112. The van der Waals surface area contributed by atoms with Gasteiger partial charge in [0.2, 0.25) is 0 Å². The van der Waals surface area contributed by atoms with Gasteiger partial charge in [0.1, 0.15) is 17.9 Å². The molecule has 106 valence electrons. The molecule has 0 fully saturated rings. The van der Waals surface area contributed by atoms with E-state index in [0.717, 1.165) is 21.6 Å². The third-order valence-electron chi connectivity index (χ3n) is 2.63. The van der Waals surface area contributed by atoms with Gasteiger partial charge in [-0.25, -0.2) is 4.79 Å². The minimum Gasteiger partial charge on any atom is -0.444 e. The average Bonchev–Trinajstić information content (AvgIpc) is 2.56. The van der Waals surface area contributed by atoms with E-state index in [1.807, 2.05) is 19.9 Å². The lowest BCUT2D eigenvalue weighted by Gasteiger charge is -2.28. The van der Waals surface area contributed by atoms with Crippen molar-refractivity contribution in [2.45, 2.75) is 46.3 Å². The van der Waals surface area contributed by atoms with Crippen LogP contribution in [0.3, 0.4) is 0 Å². The Kier molecular flexibility index (Phi) is 4.74. The number of nitrogens with zero attached hydrogens (tertiary/aromatic N) is 1. The number of ether oxygens (including phenoxy) is 1. The lowest BCUT2D eigenvalue weighted by atomic mass is 10.1. The number of aryl methyl sites for hydroxylation is 2. The van der Waals surface area contributed by atoms with Crippen LogP contribution in [0, 0.1) is 13.8 Å². The maximum Gasteiger partial charge on any atom is 0.410 e. The summed E-state index contributed by atoms with van der Waals surface area (Å²) in [4.78, 5) is 26.8. The summed E-state index contributed by atoms with van der Waals surface area (Å²) in [7, 11) is 1.58. The summed E-state index contributed by atoms with van der Waals surface area (Å²) in [6.45, 7) is 9.33. The van der Waals surface area contributed by atoms with Gasteiger partial charge in [-0.05, 0) is 46.2 Å². The first kappa shape index (κ1) is 15.7. The van der Waals surface area contributed by atoms with E-state index < -0.39 is 17.7 Å². The highest BCUT2D eigenvalue weighted by Gasteiger charge is 2.27. The number of amides is 1. The molecule has 0 aromatic carbocycles. The third-order valence-corrected chi connectivity index (χ3v) is 3.61. The Morgan fingerprint density at radius 2 is 2.00 bits per heavy atom. The Labute approximate surface area is 118 Å². The van der Waals surface area contributed by atoms with Gasteiger partial charge in [-0.3, -0.25) is 4.90 Å². The number of rotatable bonds is 3. The van der Waals surface area contributed by atoms with Crippen LogP contribution >= 0.6 is 11.3 Å². The molecule has 5 heteroatoms. The van der Waals surface area contributed by atoms with Crippen molar-refractivity contribution in [1.82, 2.24) is 4.90 Å². The predicted molar refractivity (Wildman–Crippen MR) is 76.6 cm³/mol. The summed E-state index contributed by atoms with van der Waals surface area (Å²) in [5.41, 5.74) is 0.295. The van der Waals surface area contributed by atoms with Crippen LogP contribution in [-0.4, -0.2) is 29.9 Å². The van der Waals surface area contributed by atoms with Crippen molar-refractivity contribution in [2.75, 3.05) is 7.05 Å². The molecule has 19 heavy (non-hydrogen) atoms. The smallest absolute Gasteiger partial charge is 0.410 e. The number of thiophene rings is 1. The molecule has 0 bridgehead atoms. The third kappa shape index (κ3) is 4.06. The van der Waals surface area contributed by atoms with E-state index in [1.165, 1.54) is 4.90 Å². The van der Waals surface area contributed by atoms with Crippen molar-refractivity contribution in [3.63, 3.8) is 0 Å². The Hall–Kier alpha value is -1.36. The van der Waals surface area contributed by atoms with E-state index in [1.54, 1.807) is 39.2 Å². The first-order chi connectivity index (χ1) is 8.65. The molecule has 1 heterocycles. The summed E-state index contributed by atoms with van der Waals surface area (Å²) in [6, 6.07) is 1.35. The van der Waals surface area contributed by atoms with E-state index >= 15 is 0 Å². The molecule has 1 unspecified atom stereocenters. The maximum atomic E-state index is 12.0. The second kappa shape index (κ2) is 5.74. The topological polar surface area (TPSA) is 46.6 Å². The van der Waals surface area contributed by atoms with Crippen LogP contribution in [0.25, 0.3) is 0 Å². The van der Waals surface area contributed by atoms with E-state index in [-0.39, 0.29) is 0 Å². The van der Waals surface area contributed by atoms with Crippen LogP contribution in [0.1, 0.15) is 42.1 Å². The molecule has 0 saturated heterocycles. The van der Waals surface area contributed by atoms with Gasteiger partial charge < -0.3 is 9.53 Å². The summed E-state index contributed by atoms with van der Waals surface area (Å²) in [5.74, 6) is 0. The molecule has 1 atom stereocenters. The van der Waals surface area contributed by atoms with Gasteiger partial charge in [0.25, 0.3) is 0 Å². The predicted octanol–water partition coefficient (Wildman–Crippen LogP) is 3.47. The van der Waals surface area contributed by atoms with Crippen molar-refractivity contribution in [3.8, 4) is 0 Å². The van der Waals surface area contributed by atoms with Crippen molar-refractivity contribution in [2.24, 2.45) is 0 Å². The fraction of sp³-hybridized carbons (Fsp3) is 0.571. The molecule has 1 aromatic heterocycles. The van der Waals surface area contributed by atoms with Crippen molar-refractivity contribution >= 4 is 23.7 Å². The van der Waals surface area contributed by atoms with E-state index in [9.17, 15) is 9.59 Å². The second-order valence-electron chi connectivity index (χ2n) is 5.54. The first-order valence-electron chi connectivity index (χ1n) is 6.13. The van der Waals surface area contributed by atoms with Crippen LogP contribution in [0.15, 0.2) is 6.07 Å². The van der Waals surface area contributed by atoms with Crippen LogP contribution in [0.5, 0.6) is 0 Å². The summed E-state index contributed by atoms with van der Waals surface area (Å²) in [5, 5.41) is 0. The fourth-order valence-electron chi connectivity index (χ4n) is 1.76. The number of hydrogen-bond donors (Lipinski definition) is 0. The highest BCUT2D eigenvalue weighted by Crippen LogP contribution is 2.29. The Morgan fingerprint density at radius 1 is 1.42 bits per heavy atom. The largest absolute Gasteiger partial charge is 0.444 e. The van der Waals surface area contributed by atoms with Gasteiger partial charge in [0.15, 0.2) is 0 Å². The Bertz CT molecular complexity index is 474. The molecular formula is C14H21NO3S. The van der Waals surface area contributed by atoms with E-state index in [4.69, 9.17) is 4.74 Å². The van der Waals surface area contributed by atoms with Gasteiger partial charge in [-0.1, -0.05) is 0 Å². The maximum absolute atomic E-state index is 12.0. The molecule has 0 aliphatic rings. The summed E-state index contributed by atoms with van der Waals surface area (Å²) in [6.07, 6.45) is 0.283. The molecule has 4 nitrogen and oxygen atoms in total. The number of carbonyl (C=O) groups excluding carboxylic acids is 2. The number of carbonyl (C=O) groups is 2. The monoisotopic (exact) mass is 283 g/mol. The van der Waals surface area contributed by atoms with Crippen molar-refractivity contribution in [3.05, 3.63) is 21.4 Å². The number of aldehydes is 1. The molecule has 0 radical (unpaired) electrons. The summed E-state index contributed by atoms with van der Waals surface area (Å²) >= 11 is 1.62.